The average molecular weight is 284 g/mol. The maximum absolute atomic E-state index is 12.3. The SMILES string of the molecule is O=C(NCc1ccco1)C(=O)N1CCCc2ccccc21. The molecular formula is C16H16N2O3. The highest BCUT2D eigenvalue weighted by atomic mass is 16.3. The molecule has 108 valence electrons. The van der Waals surface area contributed by atoms with Gasteiger partial charge >= 0.3 is 11.8 Å². The second kappa shape index (κ2) is 5.83. The van der Waals surface area contributed by atoms with Crippen molar-refractivity contribution in [2.24, 2.45) is 0 Å². The van der Waals surface area contributed by atoms with E-state index in [1.807, 2.05) is 24.3 Å². The van der Waals surface area contributed by atoms with Crippen LogP contribution >= 0.6 is 0 Å². The fourth-order valence-corrected chi connectivity index (χ4v) is 2.52. The van der Waals surface area contributed by atoms with Gasteiger partial charge in [0.25, 0.3) is 0 Å². The second-order valence-electron chi connectivity index (χ2n) is 4.95. The maximum atomic E-state index is 12.3. The third kappa shape index (κ3) is 2.81. The second-order valence-corrected chi connectivity index (χ2v) is 4.95. The van der Waals surface area contributed by atoms with E-state index in [9.17, 15) is 9.59 Å². The Balaban J connectivity index is 1.69. The summed E-state index contributed by atoms with van der Waals surface area (Å²) in [7, 11) is 0. The number of anilines is 1. The van der Waals surface area contributed by atoms with Crippen LogP contribution in [0, 0.1) is 0 Å². The van der Waals surface area contributed by atoms with E-state index in [2.05, 4.69) is 5.32 Å². The molecule has 0 fully saturated rings. The van der Waals surface area contributed by atoms with Crippen LogP contribution in [0.3, 0.4) is 0 Å². The Labute approximate surface area is 122 Å². The van der Waals surface area contributed by atoms with Gasteiger partial charge in [-0.15, -0.1) is 0 Å². The van der Waals surface area contributed by atoms with Crippen LogP contribution in [0.25, 0.3) is 0 Å². The van der Waals surface area contributed by atoms with E-state index in [0.717, 1.165) is 24.1 Å². The molecule has 0 atom stereocenters. The van der Waals surface area contributed by atoms with Crippen LogP contribution in [-0.2, 0) is 22.6 Å². The van der Waals surface area contributed by atoms with Crippen molar-refractivity contribution in [1.29, 1.82) is 0 Å². The van der Waals surface area contributed by atoms with Gasteiger partial charge < -0.3 is 14.6 Å². The lowest BCUT2D eigenvalue weighted by Gasteiger charge is -2.28. The summed E-state index contributed by atoms with van der Waals surface area (Å²) in [5.41, 5.74) is 1.94. The fraction of sp³-hybridized carbons (Fsp3) is 0.250. The summed E-state index contributed by atoms with van der Waals surface area (Å²) in [5.74, 6) is -0.507. The van der Waals surface area contributed by atoms with E-state index in [1.54, 1.807) is 17.0 Å². The first kappa shape index (κ1) is 13.4. The topological polar surface area (TPSA) is 62.6 Å². The van der Waals surface area contributed by atoms with Crippen LogP contribution in [0.5, 0.6) is 0 Å². The number of rotatable bonds is 2. The number of nitrogens with one attached hydrogen (secondary N) is 1. The number of hydrogen-bond acceptors (Lipinski definition) is 3. The third-order valence-electron chi connectivity index (χ3n) is 3.55. The summed E-state index contributed by atoms with van der Waals surface area (Å²) >= 11 is 0. The molecule has 21 heavy (non-hydrogen) atoms. The monoisotopic (exact) mass is 284 g/mol. The van der Waals surface area contributed by atoms with Gasteiger partial charge in [-0.25, -0.2) is 0 Å². The predicted octanol–water partition coefficient (Wildman–Crippen LogP) is 1.88. The Bertz CT molecular complexity index is 649. The third-order valence-corrected chi connectivity index (χ3v) is 3.55. The minimum absolute atomic E-state index is 0.215. The summed E-state index contributed by atoms with van der Waals surface area (Å²) in [6, 6.07) is 11.2. The molecule has 2 aromatic rings. The van der Waals surface area contributed by atoms with E-state index in [4.69, 9.17) is 4.42 Å². The zero-order valence-corrected chi connectivity index (χ0v) is 11.5. The van der Waals surface area contributed by atoms with Gasteiger partial charge in [-0.1, -0.05) is 18.2 Å². The summed E-state index contributed by atoms with van der Waals surface area (Å²) in [6.45, 7) is 0.789. The Kier molecular flexibility index (Phi) is 3.73. The first-order valence-corrected chi connectivity index (χ1v) is 6.95. The van der Waals surface area contributed by atoms with Crippen molar-refractivity contribution in [2.45, 2.75) is 19.4 Å². The lowest BCUT2D eigenvalue weighted by atomic mass is 10.0. The van der Waals surface area contributed by atoms with Gasteiger partial charge in [0.15, 0.2) is 0 Å². The molecule has 1 aromatic carbocycles. The number of para-hydroxylation sites is 1. The molecule has 5 heteroatoms. The molecule has 0 saturated heterocycles. The Hall–Kier alpha value is -2.56. The molecule has 0 saturated carbocycles. The molecule has 2 amide bonds. The molecule has 3 rings (SSSR count). The summed E-state index contributed by atoms with van der Waals surface area (Å²) in [4.78, 5) is 25.9. The number of carbonyl (C=O) groups excluding carboxylic acids is 2. The largest absolute Gasteiger partial charge is 0.467 e. The van der Waals surface area contributed by atoms with Crippen molar-refractivity contribution in [3.05, 3.63) is 54.0 Å². The van der Waals surface area contributed by atoms with Crippen LogP contribution in [-0.4, -0.2) is 18.4 Å². The van der Waals surface area contributed by atoms with Crippen molar-refractivity contribution >= 4 is 17.5 Å². The van der Waals surface area contributed by atoms with E-state index < -0.39 is 11.8 Å². The van der Waals surface area contributed by atoms with E-state index >= 15 is 0 Å². The molecule has 2 heterocycles. The van der Waals surface area contributed by atoms with Crippen molar-refractivity contribution < 1.29 is 14.0 Å². The number of benzene rings is 1. The number of fused-ring (bicyclic) bond motifs is 1. The highest BCUT2D eigenvalue weighted by Crippen LogP contribution is 2.26. The number of aryl methyl sites for hydroxylation is 1. The highest BCUT2D eigenvalue weighted by molar-refractivity contribution is 6.40. The molecule has 1 aliphatic heterocycles. The smallest absolute Gasteiger partial charge is 0.316 e. The van der Waals surface area contributed by atoms with Crippen LogP contribution in [0.15, 0.2) is 47.1 Å². The molecule has 5 nitrogen and oxygen atoms in total. The molecule has 0 unspecified atom stereocenters. The maximum Gasteiger partial charge on any atom is 0.316 e. The van der Waals surface area contributed by atoms with Crippen LogP contribution < -0.4 is 10.2 Å². The van der Waals surface area contributed by atoms with Gasteiger partial charge in [0.1, 0.15) is 5.76 Å². The Morgan fingerprint density at radius 2 is 2.05 bits per heavy atom. The number of hydrogen-bond donors (Lipinski definition) is 1. The predicted molar refractivity (Wildman–Crippen MR) is 77.7 cm³/mol. The average Bonchev–Trinajstić information content (AvgIpc) is 3.05. The van der Waals surface area contributed by atoms with E-state index in [0.29, 0.717) is 12.3 Å². The van der Waals surface area contributed by atoms with Gasteiger partial charge in [-0.2, -0.15) is 0 Å². The van der Waals surface area contributed by atoms with E-state index in [1.165, 1.54) is 6.26 Å². The van der Waals surface area contributed by atoms with Gasteiger partial charge in [0.2, 0.25) is 0 Å². The zero-order valence-electron chi connectivity index (χ0n) is 11.5. The van der Waals surface area contributed by atoms with Gasteiger partial charge in [-0.3, -0.25) is 9.59 Å². The normalized spacial score (nSPS) is 13.6. The van der Waals surface area contributed by atoms with Crippen LogP contribution in [0.4, 0.5) is 5.69 Å². The minimum Gasteiger partial charge on any atom is -0.467 e. The van der Waals surface area contributed by atoms with Crippen LogP contribution in [0.1, 0.15) is 17.7 Å². The fourth-order valence-electron chi connectivity index (χ4n) is 2.52. The van der Waals surface area contributed by atoms with E-state index in [-0.39, 0.29) is 6.54 Å². The molecule has 0 radical (unpaired) electrons. The van der Waals surface area contributed by atoms with Crippen molar-refractivity contribution in [3.63, 3.8) is 0 Å². The summed E-state index contributed by atoms with van der Waals surface area (Å²) < 4.78 is 5.13. The highest BCUT2D eigenvalue weighted by Gasteiger charge is 2.27. The first-order valence-electron chi connectivity index (χ1n) is 6.95. The lowest BCUT2D eigenvalue weighted by molar-refractivity contribution is -0.137. The lowest BCUT2D eigenvalue weighted by Crippen LogP contribution is -2.45. The Morgan fingerprint density at radius 1 is 1.19 bits per heavy atom. The summed E-state index contributed by atoms with van der Waals surface area (Å²) in [5, 5.41) is 2.59. The summed E-state index contributed by atoms with van der Waals surface area (Å²) in [6.07, 6.45) is 3.34. The Morgan fingerprint density at radius 3 is 2.86 bits per heavy atom. The molecule has 0 spiro atoms. The quantitative estimate of drug-likeness (QED) is 0.856. The molecular weight excluding hydrogens is 268 g/mol. The molecule has 0 bridgehead atoms. The number of nitrogens with zero attached hydrogens (tertiary/aromatic N) is 1. The first-order chi connectivity index (χ1) is 10.3. The standard InChI is InChI=1S/C16H16N2O3/c19-15(17-11-13-7-4-10-21-13)16(20)18-9-3-6-12-5-1-2-8-14(12)18/h1-2,4-5,7-8,10H,3,6,9,11H2,(H,17,19). The zero-order chi connectivity index (χ0) is 14.7. The van der Waals surface area contributed by atoms with Crippen molar-refractivity contribution in [2.75, 3.05) is 11.4 Å². The molecule has 1 N–H and O–H groups in total. The van der Waals surface area contributed by atoms with Crippen molar-refractivity contribution in [3.8, 4) is 0 Å². The van der Waals surface area contributed by atoms with Crippen LogP contribution in [0.2, 0.25) is 0 Å². The minimum atomic E-state index is -0.608. The molecule has 1 aromatic heterocycles. The van der Waals surface area contributed by atoms with Gasteiger partial charge in [-0.05, 0) is 36.6 Å². The number of carbonyl (C=O) groups is 2. The van der Waals surface area contributed by atoms with Gasteiger partial charge in [0.05, 0.1) is 12.8 Å². The number of furan rings is 1. The molecule has 1 aliphatic rings. The molecule has 0 aliphatic carbocycles. The van der Waals surface area contributed by atoms with Crippen molar-refractivity contribution in [1.82, 2.24) is 5.32 Å². The van der Waals surface area contributed by atoms with Gasteiger partial charge in [0, 0.05) is 12.2 Å². The number of amides is 2.